The third-order valence-corrected chi connectivity index (χ3v) is 8.58. The number of ether oxygens (including phenoxy) is 2. The second kappa shape index (κ2) is 13.6. The lowest BCUT2D eigenvalue weighted by molar-refractivity contribution is -0.150. The van der Waals surface area contributed by atoms with Crippen molar-refractivity contribution in [3.05, 3.63) is 52.3 Å². The van der Waals surface area contributed by atoms with Crippen LogP contribution in [0.4, 0.5) is 10.1 Å². The van der Waals surface area contributed by atoms with Crippen molar-refractivity contribution in [3.8, 4) is 11.5 Å². The van der Waals surface area contributed by atoms with E-state index in [2.05, 4.69) is 10.6 Å². The summed E-state index contributed by atoms with van der Waals surface area (Å²) in [5.41, 5.74) is -0.340. The van der Waals surface area contributed by atoms with E-state index in [0.717, 1.165) is 31.7 Å². The number of carboxylic acids is 1. The van der Waals surface area contributed by atoms with Crippen LogP contribution in [-0.2, 0) is 4.79 Å². The summed E-state index contributed by atoms with van der Waals surface area (Å²) >= 11 is 6.21. The molecule has 0 radical (unpaired) electrons. The first-order chi connectivity index (χ1) is 19.6. The monoisotopic (exact) mass is 588 g/mol. The maximum atomic E-state index is 14.9. The van der Waals surface area contributed by atoms with Crippen molar-refractivity contribution in [2.24, 2.45) is 11.3 Å². The highest BCUT2D eigenvalue weighted by Gasteiger charge is 2.38. The number of carbonyl (C=O) groups excluding carboxylic acids is 2. The zero-order chi connectivity index (χ0) is 29.6. The molecule has 0 unspecified atom stereocenters. The number of hydrogen-bond acceptors (Lipinski definition) is 5. The molecule has 0 bridgehead atoms. The fraction of sp³-hybridized carbons (Fsp3) is 0.516. The van der Waals surface area contributed by atoms with Gasteiger partial charge in [0.1, 0.15) is 5.75 Å². The van der Waals surface area contributed by atoms with Gasteiger partial charge in [0.15, 0.2) is 11.6 Å². The van der Waals surface area contributed by atoms with Gasteiger partial charge in [-0.1, -0.05) is 37.3 Å². The zero-order valence-corrected chi connectivity index (χ0v) is 24.3. The van der Waals surface area contributed by atoms with Gasteiger partial charge in [-0.3, -0.25) is 14.4 Å². The molecule has 2 aliphatic rings. The van der Waals surface area contributed by atoms with Crippen molar-refractivity contribution in [1.82, 2.24) is 5.32 Å². The third kappa shape index (κ3) is 7.70. The van der Waals surface area contributed by atoms with Gasteiger partial charge >= 0.3 is 5.97 Å². The first kappa shape index (κ1) is 30.6. The SMILES string of the molecule is COc1cc(F)c(OC2CCC(C)(C(=O)O)CC2)cc1C(=O)Nc1cc(Cl)ccc1C(=O)NCC1CCCCCC1. The van der Waals surface area contributed by atoms with Gasteiger partial charge in [0.25, 0.3) is 11.8 Å². The molecule has 0 saturated heterocycles. The van der Waals surface area contributed by atoms with E-state index in [-0.39, 0.29) is 34.2 Å². The highest BCUT2D eigenvalue weighted by Crippen LogP contribution is 2.39. The summed E-state index contributed by atoms with van der Waals surface area (Å²) in [4.78, 5) is 38.1. The topological polar surface area (TPSA) is 114 Å². The summed E-state index contributed by atoms with van der Waals surface area (Å²) in [5, 5.41) is 15.5. The number of hydrogen-bond donors (Lipinski definition) is 3. The number of carboxylic acid groups (broad SMARTS) is 1. The second-order valence-corrected chi connectivity index (χ2v) is 11.8. The smallest absolute Gasteiger partial charge is 0.309 e. The van der Waals surface area contributed by atoms with Gasteiger partial charge < -0.3 is 25.2 Å². The van der Waals surface area contributed by atoms with E-state index in [4.69, 9.17) is 21.1 Å². The molecule has 3 N–H and O–H groups in total. The molecule has 8 nitrogen and oxygen atoms in total. The molecule has 2 saturated carbocycles. The van der Waals surface area contributed by atoms with E-state index in [1.165, 1.54) is 32.1 Å². The van der Waals surface area contributed by atoms with E-state index in [0.29, 0.717) is 43.2 Å². The van der Waals surface area contributed by atoms with E-state index >= 15 is 0 Å². The maximum Gasteiger partial charge on any atom is 0.309 e. The number of amides is 2. The largest absolute Gasteiger partial charge is 0.496 e. The number of methoxy groups -OCH3 is 1. The van der Waals surface area contributed by atoms with Crippen LogP contribution >= 0.6 is 11.6 Å². The second-order valence-electron chi connectivity index (χ2n) is 11.4. The minimum Gasteiger partial charge on any atom is -0.496 e. The predicted octanol–water partition coefficient (Wildman–Crippen LogP) is 6.85. The highest BCUT2D eigenvalue weighted by molar-refractivity contribution is 6.31. The third-order valence-electron chi connectivity index (χ3n) is 8.35. The predicted molar refractivity (Wildman–Crippen MR) is 155 cm³/mol. The molecule has 2 amide bonds. The van der Waals surface area contributed by atoms with E-state index < -0.39 is 29.2 Å². The van der Waals surface area contributed by atoms with Crippen LogP contribution in [0, 0.1) is 17.2 Å². The molecule has 0 heterocycles. The molecule has 41 heavy (non-hydrogen) atoms. The zero-order valence-electron chi connectivity index (χ0n) is 23.6. The number of anilines is 1. The van der Waals surface area contributed by atoms with Crippen molar-refractivity contribution in [2.75, 3.05) is 19.0 Å². The number of aliphatic carboxylic acids is 1. The molecule has 2 aliphatic carbocycles. The number of carbonyl (C=O) groups is 3. The Bertz CT molecular complexity index is 1270. The summed E-state index contributed by atoms with van der Waals surface area (Å²) in [5.74, 6) is -2.22. The summed E-state index contributed by atoms with van der Waals surface area (Å²) in [6.45, 7) is 2.26. The molecule has 0 spiro atoms. The fourth-order valence-electron chi connectivity index (χ4n) is 5.62. The Labute approximate surface area is 244 Å². The van der Waals surface area contributed by atoms with Crippen molar-refractivity contribution >= 4 is 35.1 Å². The van der Waals surface area contributed by atoms with Gasteiger partial charge in [-0.25, -0.2) is 4.39 Å². The Morgan fingerprint density at radius 2 is 1.66 bits per heavy atom. The van der Waals surface area contributed by atoms with Gasteiger partial charge in [0.05, 0.1) is 35.4 Å². The van der Waals surface area contributed by atoms with Gasteiger partial charge in [0.2, 0.25) is 0 Å². The normalized spacial score (nSPS) is 21.4. The van der Waals surface area contributed by atoms with Crippen LogP contribution in [0.3, 0.4) is 0 Å². The maximum absolute atomic E-state index is 14.9. The molecule has 0 aromatic heterocycles. The lowest BCUT2D eigenvalue weighted by Crippen LogP contribution is -2.36. The minimum absolute atomic E-state index is 0.00385. The summed E-state index contributed by atoms with van der Waals surface area (Å²) in [6.07, 6.45) is 8.24. The molecule has 4 rings (SSSR count). The lowest BCUT2D eigenvalue weighted by Gasteiger charge is -2.34. The fourth-order valence-corrected chi connectivity index (χ4v) is 5.79. The van der Waals surface area contributed by atoms with Gasteiger partial charge in [0, 0.05) is 17.6 Å². The Hall–Kier alpha value is -3.33. The molecular weight excluding hydrogens is 551 g/mol. The summed E-state index contributed by atoms with van der Waals surface area (Å²) in [7, 11) is 1.33. The van der Waals surface area contributed by atoms with Gasteiger partial charge in [-0.05, 0) is 75.6 Å². The van der Waals surface area contributed by atoms with Crippen LogP contribution in [-0.4, -0.2) is 42.6 Å². The summed E-state index contributed by atoms with van der Waals surface area (Å²) < 4.78 is 26.1. The molecule has 10 heteroatoms. The standard InChI is InChI=1S/C31H38ClFN2O6/c1-31(30(38)39)13-11-21(12-14-31)41-27-16-23(26(40-2)17-24(27)33)29(37)35-25-15-20(32)9-10-22(25)28(36)34-18-19-7-5-3-4-6-8-19/h9-10,15-17,19,21H,3-8,11-14,18H2,1-2H3,(H,34,36)(H,35,37)(H,38,39). The van der Waals surface area contributed by atoms with Crippen LogP contribution in [0.5, 0.6) is 11.5 Å². The number of rotatable bonds is 9. The number of benzene rings is 2. The molecule has 2 aromatic carbocycles. The van der Waals surface area contributed by atoms with Gasteiger partial charge in [-0.15, -0.1) is 0 Å². The number of halogens is 2. The minimum atomic E-state index is -0.857. The first-order valence-corrected chi connectivity index (χ1v) is 14.6. The summed E-state index contributed by atoms with van der Waals surface area (Å²) in [6, 6.07) is 6.99. The lowest BCUT2D eigenvalue weighted by atomic mass is 9.75. The molecule has 2 fully saturated rings. The first-order valence-electron chi connectivity index (χ1n) is 14.3. The molecular formula is C31H38ClFN2O6. The van der Waals surface area contributed by atoms with Gasteiger partial charge in [-0.2, -0.15) is 0 Å². The average molecular weight is 589 g/mol. The van der Waals surface area contributed by atoms with E-state index in [9.17, 15) is 23.9 Å². The number of nitrogens with one attached hydrogen (secondary N) is 2. The molecule has 2 aromatic rings. The van der Waals surface area contributed by atoms with Crippen molar-refractivity contribution < 1.29 is 33.4 Å². The molecule has 0 atom stereocenters. The van der Waals surface area contributed by atoms with Crippen LogP contribution in [0.1, 0.15) is 91.8 Å². The average Bonchev–Trinajstić information content (AvgIpc) is 3.22. The highest BCUT2D eigenvalue weighted by atomic mass is 35.5. The Kier molecular flexibility index (Phi) is 10.1. The van der Waals surface area contributed by atoms with Crippen molar-refractivity contribution in [3.63, 3.8) is 0 Å². The van der Waals surface area contributed by atoms with Crippen molar-refractivity contribution in [2.45, 2.75) is 77.2 Å². The Morgan fingerprint density at radius 3 is 2.29 bits per heavy atom. The van der Waals surface area contributed by atoms with Crippen LogP contribution in [0.15, 0.2) is 30.3 Å². The van der Waals surface area contributed by atoms with Crippen LogP contribution < -0.4 is 20.1 Å². The molecule has 0 aliphatic heterocycles. The quantitative estimate of drug-likeness (QED) is 0.276. The molecule has 222 valence electrons. The van der Waals surface area contributed by atoms with Crippen LogP contribution in [0.2, 0.25) is 5.02 Å². The van der Waals surface area contributed by atoms with E-state index in [1.807, 2.05) is 0 Å². The van der Waals surface area contributed by atoms with E-state index in [1.54, 1.807) is 19.1 Å². The Balaban J connectivity index is 1.49. The Morgan fingerprint density at radius 1 is 0.976 bits per heavy atom. The van der Waals surface area contributed by atoms with Crippen LogP contribution in [0.25, 0.3) is 0 Å². The van der Waals surface area contributed by atoms with Crippen molar-refractivity contribution in [1.29, 1.82) is 0 Å².